The Morgan fingerprint density at radius 2 is 1.58 bits per heavy atom. The zero-order valence-corrected chi connectivity index (χ0v) is 32.5. The summed E-state index contributed by atoms with van der Waals surface area (Å²) in [4.78, 5) is 28.2. The number of likely N-dealkylation sites (tertiary alicyclic amines) is 1. The van der Waals surface area contributed by atoms with E-state index in [0.29, 0.717) is 23.3 Å². The number of urea groups is 1. The van der Waals surface area contributed by atoms with E-state index in [9.17, 15) is 14.7 Å². The van der Waals surface area contributed by atoms with Gasteiger partial charge in [-0.1, -0.05) is 124 Å². The van der Waals surface area contributed by atoms with Gasteiger partial charge in [-0.15, -0.1) is 0 Å². The Morgan fingerprint density at radius 1 is 0.873 bits per heavy atom. The lowest BCUT2D eigenvalue weighted by Gasteiger charge is -2.41. The molecule has 0 radical (unpaired) electrons. The highest BCUT2D eigenvalue weighted by Crippen LogP contribution is 2.53. The third kappa shape index (κ3) is 9.47. The number of aliphatic hydroxyl groups is 1. The number of benzene rings is 4. The molecule has 3 aliphatic rings. The Labute approximate surface area is 325 Å². The standard InChI is InChI=1S/C46H55N3O6/c1-45(2)24-37-25-46(3,29-45)30-49(37)27-38-23-41(34-16-14-32(28-50)15-17-34)55-43(54-38)35-20-18-33(19-21-35)39-13-9-8-12-36(39)26-47-44(52)48-40(42(51)53-4)22-31-10-6-5-7-11-31/h5-21,37-38,40-41,43,50H,22-30H2,1-4H3,(H2,47,48,52)/t37?,38-,40-,41+,43+,46?/m0/s1. The summed E-state index contributed by atoms with van der Waals surface area (Å²) in [7, 11) is 1.32. The SMILES string of the molecule is COC(=O)[C@H](Cc1ccccc1)NC(=O)NCc1ccccc1-c1ccc([C@@H]2O[C@H](CN3CC4(C)CC3CC(C)(C)C4)C[C@H](c3ccc(CO)cc3)O2)cc1. The van der Waals surface area contributed by atoms with Crippen molar-refractivity contribution in [2.75, 3.05) is 20.2 Å². The number of carbonyl (C=O) groups excluding carboxylic acids is 2. The van der Waals surface area contributed by atoms with Crippen molar-refractivity contribution in [3.05, 3.63) is 131 Å². The van der Waals surface area contributed by atoms with Crippen LogP contribution < -0.4 is 10.6 Å². The maximum Gasteiger partial charge on any atom is 0.328 e. The third-order valence-electron chi connectivity index (χ3n) is 11.6. The maximum absolute atomic E-state index is 13.0. The highest BCUT2D eigenvalue weighted by Gasteiger charge is 2.50. The van der Waals surface area contributed by atoms with E-state index < -0.39 is 24.3 Å². The second kappa shape index (κ2) is 16.7. The van der Waals surface area contributed by atoms with Gasteiger partial charge < -0.3 is 30.0 Å². The van der Waals surface area contributed by atoms with Crippen LogP contribution in [0.2, 0.25) is 0 Å². The van der Waals surface area contributed by atoms with Crippen molar-refractivity contribution < 1.29 is 28.9 Å². The van der Waals surface area contributed by atoms with Gasteiger partial charge in [-0.3, -0.25) is 4.90 Å². The minimum Gasteiger partial charge on any atom is -0.467 e. The highest BCUT2D eigenvalue weighted by molar-refractivity contribution is 5.84. The van der Waals surface area contributed by atoms with E-state index in [-0.39, 0.29) is 25.4 Å². The van der Waals surface area contributed by atoms with Crippen molar-refractivity contribution in [1.29, 1.82) is 0 Å². The molecular weight excluding hydrogens is 691 g/mol. The van der Waals surface area contributed by atoms with Crippen LogP contribution in [-0.2, 0) is 38.6 Å². The number of esters is 1. The normalized spacial score (nSPS) is 25.2. The molecule has 1 saturated carbocycles. The molecule has 55 heavy (non-hydrogen) atoms. The van der Waals surface area contributed by atoms with Crippen LogP contribution in [0.25, 0.3) is 11.1 Å². The molecule has 3 N–H and O–H groups in total. The van der Waals surface area contributed by atoms with Crippen LogP contribution >= 0.6 is 0 Å². The minimum atomic E-state index is -0.816. The molecule has 2 bridgehead atoms. The zero-order chi connectivity index (χ0) is 38.6. The van der Waals surface area contributed by atoms with E-state index in [1.54, 1.807) is 0 Å². The predicted molar refractivity (Wildman–Crippen MR) is 213 cm³/mol. The van der Waals surface area contributed by atoms with Crippen molar-refractivity contribution in [2.24, 2.45) is 10.8 Å². The molecule has 9 nitrogen and oxygen atoms in total. The van der Waals surface area contributed by atoms with E-state index in [0.717, 1.165) is 58.5 Å². The smallest absolute Gasteiger partial charge is 0.328 e. The number of amides is 2. The lowest BCUT2D eigenvalue weighted by atomic mass is 9.65. The minimum absolute atomic E-state index is 0.00331. The van der Waals surface area contributed by atoms with Gasteiger partial charge in [-0.05, 0) is 63.5 Å². The van der Waals surface area contributed by atoms with Gasteiger partial charge in [-0.25, -0.2) is 9.59 Å². The molecule has 2 saturated heterocycles. The molecule has 4 aromatic carbocycles. The number of nitrogens with zero attached hydrogens (tertiary/aromatic N) is 1. The largest absolute Gasteiger partial charge is 0.467 e. The third-order valence-corrected chi connectivity index (χ3v) is 11.6. The van der Waals surface area contributed by atoms with E-state index in [2.05, 4.69) is 72.7 Å². The van der Waals surface area contributed by atoms with E-state index in [1.807, 2.05) is 66.7 Å². The van der Waals surface area contributed by atoms with Crippen molar-refractivity contribution >= 4 is 12.0 Å². The van der Waals surface area contributed by atoms with E-state index in [4.69, 9.17) is 14.2 Å². The fourth-order valence-electron chi connectivity index (χ4n) is 9.43. The van der Waals surface area contributed by atoms with Crippen LogP contribution in [0.4, 0.5) is 4.79 Å². The Morgan fingerprint density at radius 3 is 2.31 bits per heavy atom. The summed E-state index contributed by atoms with van der Waals surface area (Å²) in [6, 6.07) is 33.2. The fourth-order valence-corrected chi connectivity index (χ4v) is 9.43. The lowest BCUT2D eigenvalue weighted by Crippen LogP contribution is -2.47. The molecule has 1 aliphatic carbocycles. The summed E-state index contributed by atoms with van der Waals surface area (Å²) >= 11 is 0. The van der Waals surface area contributed by atoms with E-state index >= 15 is 0 Å². The van der Waals surface area contributed by atoms with Crippen LogP contribution in [0.5, 0.6) is 0 Å². The number of fused-ring (bicyclic) bond motifs is 2. The fraction of sp³-hybridized carbons (Fsp3) is 0.435. The number of methoxy groups -OCH3 is 1. The van der Waals surface area contributed by atoms with Crippen molar-refractivity contribution in [1.82, 2.24) is 15.5 Å². The molecule has 290 valence electrons. The van der Waals surface area contributed by atoms with Crippen LogP contribution in [0.3, 0.4) is 0 Å². The van der Waals surface area contributed by atoms with Crippen molar-refractivity contribution in [3.8, 4) is 11.1 Å². The number of hydrogen-bond donors (Lipinski definition) is 3. The molecule has 9 heteroatoms. The first kappa shape index (κ1) is 38.7. The van der Waals surface area contributed by atoms with Crippen molar-refractivity contribution in [2.45, 2.75) is 96.6 Å². The second-order valence-electron chi connectivity index (χ2n) is 16.9. The molecule has 2 unspecified atom stereocenters. The monoisotopic (exact) mass is 745 g/mol. The zero-order valence-electron chi connectivity index (χ0n) is 32.5. The van der Waals surface area contributed by atoms with Gasteiger partial charge in [0.05, 0.1) is 25.9 Å². The van der Waals surface area contributed by atoms with Crippen molar-refractivity contribution in [3.63, 3.8) is 0 Å². The van der Waals surface area contributed by atoms with Gasteiger partial charge in [0.15, 0.2) is 6.29 Å². The molecule has 2 aliphatic heterocycles. The average Bonchev–Trinajstić information content (AvgIpc) is 3.43. The number of aliphatic hydroxyl groups excluding tert-OH is 1. The first-order valence-electron chi connectivity index (χ1n) is 19.6. The van der Waals surface area contributed by atoms with E-state index in [1.165, 1.54) is 26.4 Å². The predicted octanol–water partition coefficient (Wildman–Crippen LogP) is 7.88. The molecule has 0 spiro atoms. The Bertz CT molecular complexity index is 1920. The molecule has 6 atom stereocenters. The number of nitrogens with one attached hydrogen (secondary N) is 2. The second-order valence-corrected chi connectivity index (χ2v) is 16.9. The van der Waals surface area contributed by atoms with Gasteiger partial charge in [0.2, 0.25) is 0 Å². The first-order chi connectivity index (χ1) is 26.5. The maximum atomic E-state index is 13.0. The molecule has 3 fully saturated rings. The van der Waals surface area contributed by atoms with Crippen LogP contribution in [0.1, 0.15) is 86.7 Å². The summed E-state index contributed by atoms with van der Waals surface area (Å²) in [5, 5.41) is 15.4. The summed E-state index contributed by atoms with van der Waals surface area (Å²) in [5.41, 5.74) is 7.45. The Kier molecular flexibility index (Phi) is 11.7. The highest BCUT2D eigenvalue weighted by atomic mass is 16.7. The molecule has 0 aromatic heterocycles. The molecular formula is C46H55N3O6. The van der Waals surface area contributed by atoms with Gasteiger partial charge in [0.25, 0.3) is 0 Å². The topological polar surface area (TPSA) is 109 Å². The van der Waals surface area contributed by atoms with Gasteiger partial charge in [0, 0.05) is 44.1 Å². The molecule has 7 rings (SSSR count). The number of rotatable bonds is 12. The van der Waals surface area contributed by atoms with Crippen LogP contribution in [0.15, 0.2) is 103 Å². The lowest BCUT2D eigenvalue weighted by molar-refractivity contribution is -0.253. The summed E-state index contributed by atoms with van der Waals surface area (Å²) in [6.07, 6.45) is 4.12. The number of hydrogen-bond acceptors (Lipinski definition) is 7. The average molecular weight is 746 g/mol. The van der Waals surface area contributed by atoms with Gasteiger partial charge >= 0.3 is 12.0 Å². The number of carbonyl (C=O) groups is 2. The number of ether oxygens (including phenoxy) is 3. The summed E-state index contributed by atoms with van der Waals surface area (Å²) in [5.74, 6) is -0.500. The van der Waals surface area contributed by atoms with Crippen LogP contribution in [0, 0.1) is 10.8 Å². The van der Waals surface area contributed by atoms with Gasteiger partial charge in [0.1, 0.15) is 6.04 Å². The molecule has 2 amide bonds. The van der Waals surface area contributed by atoms with Crippen LogP contribution in [-0.4, -0.2) is 60.4 Å². The first-order valence-corrected chi connectivity index (χ1v) is 19.6. The summed E-state index contributed by atoms with van der Waals surface area (Å²) < 4.78 is 18.5. The Balaban J connectivity index is 1.04. The molecule has 2 heterocycles. The quantitative estimate of drug-likeness (QED) is 0.127. The summed E-state index contributed by atoms with van der Waals surface area (Å²) in [6.45, 7) is 9.54. The molecule has 4 aromatic rings. The Hall–Kier alpha value is -4.54. The van der Waals surface area contributed by atoms with Gasteiger partial charge in [-0.2, -0.15) is 0 Å².